The van der Waals surface area contributed by atoms with Crippen LogP contribution in [-0.4, -0.2) is 37.2 Å². The summed E-state index contributed by atoms with van der Waals surface area (Å²) in [6.07, 6.45) is 52.3. The van der Waals surface area contributed by atoms with Crippen LogP contribution in [0.2, 0.25) is 0 Å². The predicted molar refractivity (Wildman–Crippen MR) is 270 cm³/mol. The molecule has 0 aliphatic carbocycles. The summed E-state index contributed by atoms with van der Waals surface area (Å²) in [5.74, 6) is 0.851. The van der Waals surface area contributed by atoms with Crippen molar-refractivity contribution in [1.29, 1.82) is 0 Å². The van der Waals surface area contributed by atoms with Crippen molar-refractivity contribution in [3.63, 3.8) is 0 Å². The van der Waals surface area contributed by atoms with Crippen LogP contribution in [0.5, 0.6) is 0 Å². The van der Waals surface area contributed by atoms with Crippen LogP contribution in [0, 0.1) is 11.8 Å². The van der Waals surface area contributed by atoms with E-state index in [0.717, 1.165) is 69.6 Å². The summed E-state index contributed by atoms with van der Waals surface area (Å²) >= 11 is 0. The molecule has 0 aromatic heterocycles. The molecular formula is C57H110O6. The highest BCUT2D eigenvalue weighted by atomic mass is 16.6. The normalized spacial score (nSPS) is 12.5. The molecule has 0 radical (unpaired) electrons. The summed E-state index contributed by atoms with van der Waals surface area (Å²) in [5, 5.41) is 0. The molecule has 0 aliphatic rings. The Kier molecular flexibility index (Phi) is 48.6. The van der Waals surface area contributed by atoms with E-state index < -0.39 is 6.10 Å². The van der Waals surface area contributed by atoms with Gasteiger partial charge in [0.15, 0.2) is 6.10 Å². The van der Waals surface area contributed by atoms with Gasteiger partial charge in [0.25, 0.3) is 0 Å². The van der Waals surface area contributed by atoms with Gasteiger partial charge in [-0.1, -0.05) is 279 Å². The summed E-state index contributed by atoms with van der Waals surface area (Å²) in [7, 11) is 0. The number of esters is 3. The van der Waals surface area contributed by atoms with Crippen LogP contribution >= 0.6 is 0 Å². The number of unbranched alkanes of at least 4 members (excludes halogenated alkanes) is 35. The lowest BCUT2D eigenvalue weighted by Crippen LogP contribution is -2.30. The maximum atomic E-state index is 12.8. The number of carbonyl (C=O) groups is 3. The topological polar surface area (TPSA) is 78.9 Å². The Bertz CT molecular complexity index is 964. The number of ether oxygens (including phenoxy) is 3. The van der Waals surface area contributed by atoms with Gasteiger partial charge in [-0.15, -0.1) is 0 Å². The number of rotatable bonds is 51. The number of hydrogen-bond donors (Lipinski definition) is 0. The molecule has 0 aromatic carbocycles. The maximum Gasteiger partial charge on any atom is 0.306 e. The van der Waals surface area contributed by atoms with Crippen molar-refractivity contribution < 1.29 is 28.6 Å². The molecule has 2 atom stereocenters. The van der Waals surface area contributed by atoms with Crippen LogP contribution in [0.15, 0.2) is 0 Å². The van der Waals surface area contributed by atoms with Crippen molar-refractivity contribution in [1.82, 2.24) is 0 Å². The first-order valence-electron chi connectivity index (χ1n) is 28.3. The van der Waals surface area contributed by atoms with Gasteiger partial charge in [-0.2, -0.15) is 0 Å². The predicted octanol–water partition coefficient (Wildman–Crippen LogP) is 18.5. The summed E-state index contributed by atoms with van der Waals surface area (Å²) < 4.78 is 16.9. The molecule has 0 amide bonds. The molecule has 374 valence electrons. The number of carbonyl (C=O) groups excluding carboxylic acids is 3. The molecule has 1 unspecified atom stereocenters. The number of hydrogen-bond acceptors (Lipinski definition) is 6. The molecular weight excluding hydrogens is 781 g/mol. The summed E-state index contributed by atoms with van der Waals surface area (Å²) in [6, 6.07) is 0. The average molecular weight is 892 g/mol. The molecule has 0 spiro atoms. The van der Waals surface area contributed by atoms with Crippen LogP contribution in [-0.2, 0) is 28.6 Å². The van der Waals surface area contributed by atoms with Gasteiger partial charge in [0.2, 0.25) is 0 Å². The van der Waals surface area contributed by atoms with Gasteiger partial charge >= 0.3 is 17.9 Å². The van der Waals surface area contributed by atoms with Gasteiger partial charge in [0, 0.05) is 19.3 Å². The van der Waals surface area contributed by atoms with Gasteiger partial charge < -0.3 is 14.2 Å². The molecule has 0 aliphatic heterocycles. The van der Waals surface area contributed by atoms with E-state index in [4.69, 9.17) is 14.2 Å². The lowest BCUT2D eigenvalue weighted by atomic mass is 9.99. The zero-order valence-corrected chi connectivity index (χ0v) is 43.2. The van der Waals surface area contributed by atoms with Gasteiger partial charge in [0.1, 0.15) is 13.2 Å². The zero-order valence-electron chi connectivity index (χ0n) is 43.2. The molecule has 0 bridgehead atoms. The van der Waals surface area contributed by atoms with Crippen LogP contribution in [0.25, 0.3) is 0 Å². The Hall–Kier alpha value is -1.59. The molecule has 63 heavy (non-hydrogen) atoms. The second-order valence-corrected chi connectivity index (χ2v) is 20.3. The van der Waals surface area contributed by atoms with Crippen molar-refractivity contribution in [2.45, 2.75) is 323 Å². The first kappa shape index (κ1) is 61.4. The molecule has 0 N–H and O–H groups in total. The molecule has 0 rings (SSSR count). The Morgan fingerprint density at radius 2 is 0.603 bits per heavy atom. The third-order valence-electron chi connectivity index (χ3n) is 13.3. The minimum atomic E-state index is -0.763. The quantitative estimate of drug-likeness (QED) is 0.0344. The Morgan fingerprint density at radius 1 is 0.333 bits per heavy atom. The first-order chi connectivity index (χ1) is 30.8. The molecule has 6 heteroatoms. The monoisotopic (exact) mass is 891 g/mol. The molecule has 0 saturated carbocycles. The third-order valence-corrected chi connectivity index (χ3v) is 13.3. The molecule has 0 heterocycles. The van der Waals surface area contributed by atoms with E-state index >= 15 is 0 Å². The summed E-state index contributed by atoms with van der Waals surface area (Å²) in [4.78, 5) is 38.1. The van der Waals surface area contributed by atoms with Crippen molar-refractivity contribution in [2.75, 3.05) is 13.2 Å². The van der Waals surface area contributed by atoms with Crippen molar-refractivity contribution >= 4 is 17.9 Å². The van der Waals surface area contributed by atoms with E-state index in [0.29, 0.717) is 19.3 Å². The van der Waals surface area contributed by atoms with Crippen molar-refractivity contribution in [2.24, 2.45) is 11.8 Å². The van der Waals surface area contributed by atoms with Crippen molar-refractivity contribution in [3.8, 4) is 0 Å². The molecule has 0 aromatic rings. The van der Waals surface area contributed by atoms with E-state index in [1.54, 1.807) is 0 Å². The fourth-order valence-electron chi connectivity index (χ4n) is 8.66. The van der Waals surface area contributed by atoms with Gasteiger partial charge in [-0.05, 0) is 31.1 Å². The zero-order chi connectivity index (χ0) is 46.1. The van der Waals surface area contributed by atoms with E-state index in [1.165, 1.54) is 205 Å². The Balaban J connectivity index is 4.27. The van der Waals surface area contributed by atoms with E-state index in [1.807, 2.05) is 0 Å². The average Bonchev–Trinajstić information content (AvgIpc) is 3.27. The lowest BCUT2D eigenvalue weighted by molar-refractivity contribution is -0.167. The molecule has 0 fully saturated rings. The van der Waals surface area contributed by atoms with Crippen molar-refractivity contribution in [3.05, 3.63) is 0 Å². The van der Waals surface area contributed by atoms with E-state index in [9.17, 15) is 14.4 Å². The molecule has 0 saturated heterocycles. The summed E-state index contributed by atoms with van der Waals surface area (Å²) in [6.45, 7) is 11.4. The minimum absolute atomic E-state index is 0.0633. The highest BCUT2D eigenvalue weighted by Crippen LogP contribution is 2.18. The van der Waals surface area contributed by atoms with Gasteiger partial charge in [0.05, 0.1) is 0 Å². The van der Waals surface area contributed by atoms with Crippen LogP contribution in [0.4, 0.5) is 0 Å². The van der Waals surface area contributed by atoms with E-state index in [-0.39, 0.29) is 31.1 Å². The second-order valence-electron chi connectivity index (χ2n) is 20.3. The van der Waals surface area contributed by atoms with Crippen LogP contribution < -0.4 is 0 Å². The Labute approximate surface area is 393 Å². The SMILES string of the molecule is CCCCCCCCCCCCCCCCCC(=O)OC[C@@H](COC(=O)CCCCCCCCCCCCCCCCCC(C)C)OC(=O)CCCCCCCCCCC(C)CC. The fourth-order valence-corrected chi connectivity index (χ4v) is 8.66. The van der Waals surface area contributed by atoms with Gasteiger partial charge in [-0.3, -0.25) is 14.4 Å². The highest BCUT2D eigenvalue weighted by Gasteiger charge is 2.19. The van der Waals surface area contributed by atoms with E-state index in [2.05, 4.69) is 34.6 Å². The second kappa shape index (κ2) is 49.8. The van der Waals surface area contributed by atoms with Crippen LogP contribution in [0.1, 0.15) is 317 Å². The molecule has 6 nitrogen and oxygen atoms in total. The standard InChI is InChI=1S/C57H110O6/c1-6-8-9-10-11-12-13-14-16-20-23-26-32-37-42-47-55(58)61-50-54(63-57(60)49-44-39-34-29-28-31-36-41-46-53(5)7-2)51-62-56(59)48-43-38-33-27-24-21-18-15-17-19-22-25-30-35-40-45-52(3)4/h52-54H,6-51H2,1-5H3/t53?,54-/m0/s1. The largest absolute Gasteiger partial charge is 0.462 e. The minimum Gasteiger partial charge on any atom is -0.462 e. The smallest absolute Gasteiger partial charge is 0.306 e. The first-order valence-corrected chi connectivity index (χ1v) is 28.3. The fraction of sp³-hybridized carbons (Fsp3) is 0.947. The third kappa shape index (κ3) is 49.7. The summed E-state index contributed by atoms with van der Waals surface area (Å²) in [5.41, 5.74) is 0. The highest BCUT2D eigenvalue weighted by molar-refractivity contribution is 5.71. The Morgan fingerprint density at radius 3 is 0.905 bits per heavy atom. The lowest BCUT2D eigenvalue weighted by Gasteiger charge is -2.18. The van der Waals surface area contributed by atoms with Crippen LogP contribution in [0.3, 0.4) is 0 Å². The van der Waals surface area contributed by atoms with Gasteiger partial charge in [-0.25, -0.2) is 0 Å². The maximum absolute atomic E-state index is 12.8.